The van der Waals surface area contributed by atoms with Crippen molar-refractivity contribution in [2.75, 3.05) is 19.8 Å². The summed E-state index contributed by atoms with van der Waals surface area (Å²) in [5.41, 5.74) is 6.80. The molecule has 0 bridgehead atoms. The van der Waals surface area contributed by atoms with Crippen LogP contribution < -0.4 is 20.5 Å². The number of nitrogens with one attached hydrogen (secondary N) is 1. The van der Waals surface area contributed by atoms with E-state index in [2.05, 4.69) is 11.9 Å². The van der Waals surface area contributed by atoms with Crippen LogP contribution in [0.3, 0.4) is 0 Å². The minimum absolute atomic E-state index is 0.0291. The van der Waals surface area contributed by atoms with Crippen LogP contribution in [0.15, 0.2) is 30.9 Å². The fourth-order valence-corrected chi connectivity index (χ4v) is 1.69. The first-order valence-electron chi connectivity index (χ1n) is 5.73. The maximum atomic E-state index is 11.3. The zero-order valence-electron chi connectivity index (χ0n) is 10.0. The van der Waals surface area contributed by atoms with Gasteiger partial charge in [-0.15, -0.1) is 6.58 Å². The standard InChI is InChI=1S/C13H16N2O3/c1-2-5-15-13(16)8-17-9-3-4-10-11(14)7-18-12(10)6-9/h2-4,6,11H,1,5,7-8,14H2,(H,15,16). The van der Waals surface area contributed by atoms with Crippen molar-refractivity contribution in [3.05, 3.63) is 36.4 Å². The minimum Gasteiger partial charge on any atom is -0.491 e. The number of benzene rings is 1. The summed E-state index contributed by atoms with van der Waals surface area (Å²) in [7, 11) is 0. The van der Waals surface area contributed by atoms with Gasteiger partial charge in [0, 0.05) is 18.2 Å². The topological polar surface area (TPSA) is 73.6 Å². The van der Waals surface area contributed by atoms with E-state index in [1.54, 1.807) is 18.2 Å². The Bertz CT molecular complexity index is 460. The number of carbonyl (C=O) groups excluding carboxylic acids is 1. The van der Waals surface area contributed by atoms with Crippen LogP contribution in [0.2, 0.25) is 0 Å². The van der Waals surface area contributed by atoms with Gasteiger partial charge in [0.25, 0.3) is 5.91 Å². The Kier molecular flexibility index (Phi) is 3.84. The molecule has 2 rings (SSSR count). The summed E-state index contributed by atoms with van der Waals surface area (Å²) in [6.45, 7) is 4.40. The Morgan fingerprint density at radius 1 is 1.67 bits per heavy atom. The maximum absolute atomic E-state index is 11.3. The molecule has 1 amide bonds. The van der Waals surface area contributed by atoms with Gasteiger partial charge in [-0.1, -0.05) is 6.08 Å². The molecule has 0 aliphatic carbocycles. The van der Waals surface area contributed by atoms with Gasteiger partial charge in [-0.2, -0.15) is 0 Å². The second-order valence-corrected chi connectivity index (χ2v) is 4.00. The van der Waals surface area contributed by atoms with Crippen molar-refractivity contribution in [1.82, 2.24) is 5.32 Å². The Labute approximate surface area is 106 Å². The van der Waals surface area contributed by atoms with E-state index in [0.29, 0.717) is 18.9 Å². The first-order valence-corrected chi connectivity index (χ1v) is 5.73. The molecule has 96 valence electrons. The van der Waals surface area contributed by atoms with E-state index < -0.39 is 0 Å². The monoisotopic (exact) mass is 248 g/mol. The quantitative estimate of drug-likeness (QED) is 0.754. The van der Waals surface area contributed by atoms with E-state index in [0.717, 1.165) is 11.3 Å². The summed E-state index contributed by atoms with van der Waals surface area (Å²) >= 11 is 0. The van der Waals surface area contributed by atoms with Gasteiger partial charge in [0.2, 0.25) is 0 Å². The lowest BCUT2D eigenvalue weighted by Gasteiger charge is -2.07. The summed E-state index contributed by atoms with van der Waals surface area (Å²) in [4.78, 5) is 11.3. The van der Waals surface area contributed by atoms with Crippen molar-refractivity contribution in [3.8, 4) is 11.5 Å². The molecule has 1 heterocycles. The average Bonchev–Trinajstić information content (AvgIpc) is 2.75. The Morgan fingerprint density at radius 2 is 2.50 bits per heavy atom. The van der Waals surface area contributed by atoms with Gasteiger partial charge in [0.15, 0.2) is 6.61 Å². The smallest absolute Gasteiger partial charge is 0.258 e. The first kappa shape index (κ1) is 12.4. The van der Waals surface area contributed by atoms with Crippen LogP contribution in [0.25, 0.3) is 0 Å². The summed E-state index contributed by atoms with van der Waals surface area (Å²) < 4.78 is 10.8. The molecule has 1 aliphatic heterocycles. The van der Waals surface area contributed by atoms with E-state index in [4.69, 9.17) is 15.2 Å². The zero-order valence-corrected chi connectivity index (χ0v) is 10.0. The van der Waals surface area contributed by atoms with Gasteiger partial charge in [-0.25, -0.2) is 0 Å². The molecule has 1 aromatic rings. The summed E-state index contributed by atoms with van der Waals surface area (Å²) in [6, 6.07) is 5.33. The molecule has 0 radical (unpaired) electrons. The number of amides is 1. The largest absolute Gasteiger partial charge is 0.491 e. The van der Waals surface area contributed by atoms with Crippen LogP contribution in [-0.4, -0.2) is 25.7 Å². The fourth-order valence-electron chi connectivity index (χ4n) is 1.69. The lowest BCUT2D eigenvalue weighted by Crippen LogP contribution is -2.28. The Balaban J connectivity index is 1.91. The summed E-state index contributed by atoms with van der Waals surface area (Å²) in [6.07, 6.45) is 1.61. The molecule has 0 fully saturated rings. The van der Waals surface area contributed by atoms with Crippen molar-refractivity contribution in [1.29, 1.82) is 0 Å². The van der Waals surface area contributed by atoms with Gasteiger partial charge in [0.1, 0.15) is 18.1 Å². The van der Waals surface area contributed by atoms with Crippen LogP contribution in [0, 0.1) is 0 Å². The number of hydrogen-bond donors (Lipinski definition) is 2. The van der Waals surface area contributed by atoms with Crippen molar-refractivity contribution in [2.24, 2.45) is 5.73 Å². The molecule has 0 spiro atoms. The predicted molar refractivity (Wildman–Crippen MR) is 67.6 cm³/mol. The highest BCUT2D eigenvalue weighted by Crippen LogP contribution is 2.33. The molecule has 0 saturated carbocycles. The van der Waals surface area contributed by atoms with E-state index >= 15 is 0 Å². The van der Waals surface area contributed by atoms with E-state index in [9.17, 15) is 4.79 Å². The molecule has 5 nitrogen and oxygen atoms in total. The molecule has 1 aromatic carbocycles. The third-order valence-corrected chi connectivity index (χ3v) is 2.62. The van der Waals surface area contributed by atoms with E-state index in [-0.39, 0.29) is 18.6 Å². The van der Waals surface area contributed by atoms with Gasteiger partial charge in [0.05, 0.1) is 6.04 Å². The predicted octanol–water partition coefficient (Wildman–Crippen LogP) is 0.760. The number of rotatable bonds is 5. The zero-order chi connectivity index (χ0) is 13.0. The molecular formula is C13H16N2O3. The fraction of sp³-hybridized carbons (Fsp3) is 0.308. The highest BCUT2D eigenvalue weighted by Gasteiger charge is 2.20. The van der Waals surface area contributed by atoms with Crippen LogP contribution in [0.5, 0.6) is 11.5 Å². The van der Waals surface area contributed by atoms with Crippen LogP contribution in [-0.2, 0) is 4.79 Å². The third-order valence-electron chi connectivity index (χ3n) is 2.62. The highest BCUT2D eigenvalue weighted by atomic mass is 16.5. The normalized spacial score (nSPS) is 16.6. The summed E-state index contributed by atoms with van der Waals surface area (Å²) in [5, 5.41) is 2.63. The minimum atomic E-state index is -0.187. The first-order chi connectivity index (χ1) is 8.70. The lowest BCUT2D eigenvalue weighted by molar-refractivity contribution is -0.122. The lowest BCUT2D eigenvalue weighted by atomic mass is 10.1. The molecule has 0 saturated heterocycles. The molecule has 18 heavy (non-hydrogen) atoms. The van der Waals surface area contributed by atoms with E-state index in [1.807, 2.05) is 6.07 Å². The second kappa shape index (κ2) is 5.55. The number of carbonyl (C=O) groups is 1. The second-order valence-electron chi connectivity index (χ2n) is 4.00. The molecule has 0 aromatic heterocycles. The number of nitrogens with two attached hydrogens (primary N) is 1. The number of fused-ring (bicyclic) bond motifs is 1. The molecular weight excluding hydrogens is 232 g/mol. The molecule has 3 N–H and O–H groups in total. The van der Waals surface area contributed by atoms with Crippen molar-refractivity contribution < 1.29 is 14.3 Å². The number of ether oxygens (including phenoxy) is 2. The molecule has 1 aliphatic rings. The van der Waals surface area contributed by atoms with Crippen LogP contribution in [0.4, 0.5) is 0 Å². The third kappa shape index (κ3) is 2.81. The van der Waals surface area contributed by atoms with Gasteiger partial charge in [-0.3, -0.25) is 4.79 Å². The molecule has 1 unspecified atom stereocenters. The van der Waals surface area contributed by atoms with Crippen LogP contribution in [0.1, 0.15) is 11.6 Å². The Morgan fingerprint density at radius 3 is 3.28 bits per heavy atom. The van der Waals surface area contributed by atoms with Crippen molar-refractivity contribution in [2.45, 2.75) is 6.04 Å². The van der Waals surface area contributed by atoms with E-state index in [1.165, 1.54) is 0 Å². The number of hydrogen-bond acceptors (Lipinski definition) is 4. The Hall–Kier alpha value is -2.01. The van der Waals surface area contributed by atoms with Gasteiger partial charge in [-0.05, 0) is 12.1 Å². The highest BCUT2D eigenvalue weighted by molar-refractivity contribution is 5.77. The molecule has 1 atom stereocenters. The SMILES string of the molecule is C=CCNC(=O)COc1ccc2c(c1)OCC2N. The summed E-state index contributed by atoms with van der Waals surface area (Å²) in [5.74, 6) is 1.14. The van der Waals surface area contributed by atoms with Crippen molar-refractivity contribution >= 4 is 5.91 Å². The van der Waals surface area contributed by atoms with Crippen molar-refractivity contribution in [3.63, 3.8) is 0 Å². The maximum Gasteiger partial charge on any atom is 0.258 e. The van der Waals surface area contributed by atoms with Crippen LogP contribution >= 0.6 is 0 Å². The van der Waals surface area contributed by atoms with Gasteiger partial charge >= 0.3 is 0 Å². The molecule has 5 heteroatoms. The van der Waals surface area contributed by atoms with Gasteiger partial charge < -0.3 is 20.5 Å². The average molecular weight is 248 g/mol.